The summed E-state index contributed by atoms with van der Waals surface area (Å²) in [5.74, 6) is 0. The van der Waals surface area contributed by atoms with Gasteiger partial charge in [-0.15, -0.1) is 0 Å². The van der Waals surface area contributed by atoms with E-state index in [9.17, 15) is 8.42 Å². The maximum Gasteiger partial charge on any atom is 0.239 e. The molecule has 0 unspecified atom stereocenters. The second kappa shape index (κ2) is 2.45. The zero-order valence-corrected chi connectivity index (χ0v) is 5.22. The molecule has 5 heteroatoms. The Morgan fingerprint density at radius 1 is 1.56 bits per heavy atom. The largest absolute Gasteiger partial charge is 0.264 e. The topological polar surface area (TPSA) is 62.8 Å². The summed E-state index contributed by atoms with van der Waals surface area (Å²) in [6, 6.07) is 2.97. The van der Waals surface area contributed by atoms with E-state index in [1.54, 1.807) is 6.07 Å². The lowest BCUT2D eigenvalue weighted by Gasteiger charge is -1.75. The molecule has 0 aliphatic rings. The number of aromatic amines is 1. The molecular weight excluding hydrogens is 140 g/mol. The van der Waals surface area contributed by atoms with Gasteiger partial charge in [-0.1, -0.05) is 0 Å². The molecule has 0 aliphatic heterocycles. The first-order chi connectivity index (χ1) is 4.30. The number of hydrogen-bond acceptors (Lipinski definition) is 3. The molecule has 0 aliphatic carbocycles. The second-order valence-electron chi connectivity index (χ2n) is 1.35. The van der Waals surface area contributed by atoms with Crippen LogP contribution in [0.4, 0.5) is 0 Å². The molecule has 1 heterocycles. The van der Waals surface area contributed by atoms with Gasteiger partial charge in [0.05, 0.1) is 0 Å². The van der Waals surface area contributed by atoms with E-state index in [-0.39, 0.29) is 4.64 Å². The Labute approximate surface area is 52.7 Å². The van der Waals surface area contributed by atoms with E-state index in [1.165, 1.54) is 12.3 Å². The molecule has 0 amide bonds. The Hall–Kier alpha value is -1.10. The number of H-pyrrole nitrogens is 1. The molecule has 0 radical (unpaired) electrons. The van der Waals surface area contributed by atoms with Gasteiger partial charge in [0.1, 0.15) is 0 Å². The number of nitrogens with one attached hydrogen (secondary N) is 1. The first-order valence-corrected chi connectivity index (χ1v) is 3.30. The summed E-state index contributed by atoms with van der Waals surface area (Å²) in [6.45, 7) is 0. The molecule has 48 valence electrons. The van der Waals surface area contributed by atoms with Gasteiger partial charge in [0.25, 0.3) is 0 Å². The summed E-state index contributed by atoms with van der Waals surface area (Å²) in [5.41, 5.74) is 0. The molecule has 1 aromatic heterocycles. The maximum atomic E-state index is 10.1. The van der Waals surface area contributed by atoms with Crippen molar-refractivity contribution in [2.45, 2.75) is 0 Å². The highest BCUT2D eigenvalue weighted by Gasteiger charge is 1.75. The van der Waals surface area contributed by atoms with E-state index in [2.05, 4.69) is 10.2 Å². The Balaban J connectivity index is 3.67. The molecular formula is C4H4N2O2S. The summed E-state index contributed by atoms with van der Waals surface area (Å²) in [5, 5.41) is 5.79. The van der Waals surface area contributed by atoms with Crippen LogP contribution in [0.2, 0.25) is 0 Å². The van der Waals surface area contributed by atoms with Crippen molar-refractivity contribution in [1.82, 2.24) is 10.2 Å². The average molecular weight is 144 g/mol. The first-order valence-electron chi connectivity index (χ1n) is 2.22. The van der Waals surface area contributed by atoms with Crippen molar-refractivity contribution < 1.29 is 8.42 Å². The van der Waals surface area contributed by atoms with Crippen LogP contribution in [-0.4, -0.2) is 18.6 Å². The van der Waals surface area contributed by atoms with Gasteiger partial charge < -0.3 is 0 Å². The molecule has 1 aromatic rings. The highest BCUT2D eigenvalue weighted by Crippen LogP contribution is 1.75. The van der Waals surface area contributed by atoms with E-state index in [4.69, 9.17) is 0 Å². The van der Waals surface area contributed by atoms with Gasteiger partial charge in [-0.2, -0.15) is 13.5 Å². The quantitative estimate of drug-likeness (QED) is 0.514. The van der Waals surface area contributed by atoms with E-state index in [0.717, 1.165) is 0 Å². The molecule has 0 spiro atoms. The summed E-state index contributed by atoms with van der Waals surface area (Å²) < 4.78 is 20.4. The molecule has 0 saturated carbocycles. The monoisotopic (exact) mass is 144 g/mol. The lowest BCUT2D eigenvalue weighted by Crippen LogP contribution is -1.79. The predicted molar refractivity (Wildman–Crippen MR) is 30.8 cm³/mol. The third kappa shape index (κ3) is 1.39. The van der Waals surface area contributed by atoms with Crippen molar-refractivity contribution in [2.75, 3.05) is 0 Å². The van der Waals surface area contributed by atoms with E-state index < -0.39 is 10.3 Å². The Morgan fingerprint density at radius 3 is 2.67 bits per heavy atom. The van der Waals surface area contributed by atoms with Crippen molar-refractivity contribution in [2.24, 2.45) is 0 Å². The smallest absolute Gasteiger partial charge is 0.239 e. The van der Waals surface area contributed by atoms with Crippen LogP contribution in [0.3, 0.4) is 0 Å². The Morgan fingerprint density at radius 2 is 2.33 bits per heavy atom. The van der Waals surface area contributed by atoms with Crippen LogP contribution in [0.15, 0.2) is 18.3 Å². The number of hydrogen-bond donors (Lipinski definition) is 1. The van der Waals surface area contributed by atoms with Gasteiger partial charge in [0, 0.05) is 6.20 Å². The van der Waals surface area contributed by atoms with Gasteiger partial charge in [0.15, 0.2) is 4.64 Å². The molecule has 0 atom stereocenters. The summed E-state index contributed by atoms with van der Waals surface area (Å²) >= 11 is 0. The minimum atomic E-state index is -2.20. The normalized spacial score (nSPS) is 8.89. The van der Waals surface area contributed by atoms with Gasteiger partial charge in [-0.05, 0) is 12.1 Å². The average Bonchev–Trinajstić information content (AvgIpc) is 1.90. The lowest BCUT2D eigenvalue weighted by molar-refractivity contribution is 0.623. The fourth-order valence-electron chi connectivity index (χ4n) is 0.404. The predicted octanol–water partition coefficient (Wildman–Crippen LogP) is -0.179. The zero-order chi connectivity index (χ0) is 6.69. The third-order valence-electron chi connectivity index (χ3n) is 0.763. The minimum Gasteiger partial charge on any atom is -0.264 e. The molecule has 4 nitrogen and oxygen atoms in total. The van der Waals surface area contributed by atoms with E-state index in [1.807, 2.05) is 0 Å². The van der Waals surface area contributed by atoms with Crippen LogP contribution in [0.5, 0.6) is 0 Å². The number of aromatic nitrogens is 2. The molecule has 1 N–H and O–H groups in total. The fourth-order valence-corrected chi connectivity index (χ4v) is 0.721. The van der Waals surface area contributed by atoms with Crippen LogP contribution < -0.4 is 0 Å². The molecule has 0 aromatic carbocycles. The van der Waals surface area contributed by atoms with E-state index in [0.29, 0.717) is 0 Å². The van der Waals surface area contributed by atoms with Crippen LogP contribution in [0.25, 0.3) is 0 Å². The maximum absolute atomic E-state index is 10.1. The standard InChI is InChI=1S/C4H4N2O2S/c7-9(8)4-2-1-3-5-6-4/h1-3,6H. The number of rotatable bonds is 0. The van der Waals surface area contributed by atoms with E-state index >= 15 is 0 Å². The Bertz CT molecular complexity index is 325. The van der Waals surface area contributed by atoms with Gasteiger partial charge in [-0.3, -0.25) is 5.10 Å². The van der Waals surface area contributed by atoms with Crippen molar-refractivity contribution >= 4 is 10.3 Å². The summed E-state index contributed by atoms with van der Waals surface area (Å²) in [4.78, 5) is 0. The second-order valence-corrected chi connectivity index (χ2v) is 2.26. The molecule has 1 rings (SSSR count). The SMILES string of the molecule is O=S(=O)=c1cccn[nH]1. The minimum absolute atomic E-state index is 0.0949. The van der Waals surface area contributed by atoms with Gasteiger partial charge in [-0.25, -0.2) is 0 Å². The fraction of sp³-hybridized carbons (Fsp3) is 0. The lowest BCUT2D eigenvalue weighted by atomic mass is 10.6. The van der Waals surface area contributed by atoms with Gasteiger partial charge >= 0.3 is 0 Å². The molecule has 0 saturated heterocycles. The van der Waals surface area contributed by atoms with Crippen molar-refractivity contribution in [3.05, 3.63) is 23.0 Å². The summed E-state index contributed by atoms with van der Waals surface area (Å²) in [6.07, 6.45) is 1.47. The zero-order valence-electron chi connectivity index (χ0n) is 4.40. The van der Waals surface area contributed by atoms with Crippen LogP contribution >= 0.6 is 0 Å². The van der Waals surface area contributed by atoms with Crippen molar-refractivity contribution in [1.29, 1.82) is 0 Å². The third-order valence-corrected chi connectivity index (χ3v) is 1.35. The molecule has 0 fully saturated rings. The van der Waals surface area contributed by atoms with Crippen LogP contribution in [-0.2, 0) is 10.3 Å². The van der Waals surface area contributed by atoms with Crippen LogP contribution in [0.1, 0.15) is 0 Å². The highest BCUT2D eigenvalue weighted by atomic mass is 32.2. The summed E-state index contributed by atoms with van der Waals surface area (Å²) in [7, 11) is -2.20. The van der Waals surface area contributed by atoms with Gasteiger partial charge in [0.2, 0.25) is 10.3 Å². The molecule has 0 bridgehead atoms. The van der Waals surface area contributed by atoms with Crippen molar-refractivity contribution in [3.8, 4) is 0 Å². The Kier molecular flexibility index (Phi) is 1.64. The number of nitrogens with zero attached hydrogens (tertiary/aromatic N) is 1. The van der Waals surface area contributed by atoms with Crippen molar-refractivity contribution in [3.63, 3.8) is 0 Å². The van der Waals surface area contributed by atoms with Crippen LogP contribution in [0, 0.1) is 4.64 Å². The molecule has 9 heavy (non-hydrogen) atoms. The highest BCUT2D eigenvalue weighted by molar-refractivity contribution is 7.63. The first kappa shape index (κ1) is 6.03.